The number of ether oxygens (including phenoxy) is 1. The van der Waals surface area contributed by atoms with Gasteiger partial charge in [-0.25, -0.2) is 0 Å². The minimum absolute atomic E-state index is 0.208. The van der Waals surface area contributed by atoms with E-state index in [1.807, 2.05) is 0 Å². The standard InChI is InChI=1S/C12H21NO2/c1-3-4-10(9-13)12(14)7-5-11(15-2)6-8-12/h10-11,14H,3-8H2,1-2H3. The second kappa shape index (κ2) is 5.48. The van der Waals surface area contributed by atoms with Crippen molar-refractivity contribution in [3.8, 4) is 6.07 Å². The average molecular weight is 211 g/mol. The first-order chi connectivity index (χ1) is 7.16. The molecule has 1 rings (SSSR count). The molecular weight excluding hydrogens is 190 g/mol. The van der Waals surface area contributed by atoms with Crippen molar-refractivity contribution in [2.75, 3.05) is 7.11 Å². The smallest absolute Gasteiger partial charge is 0.0807 e. The summed E-state index contributed by atoms with van der Waals surface area (Å²) in [6, 6.07) is 2.26. The van der Waals surface area contributed by atoms with Gasteiger partial charge in [-0.15, -0.1) is 0 Å². The van der Waals surface area contributed by atoms with Crippen LogP contribution in [0.15, 0.2) is 0 Å². The maximum Gasteiger partial charge on any atom is 0.0807 e. The minimum atomic E-state index is -0.764. The van der Waals surface area contributed by atoms with Crippen molar-refractivity contribution in [1.29, 1.82) is 5.26 Å². The van der Waals surface area contributed by atoms with Crippen LogP contribution in [0.2, 0.25) is 0 Å². The van der Waals surface area contributed by atoms with E-state index >= 15 is 0 Å². The highest BCUT2D eigenvalue weighted by molar-refractivity contribution is 5.00. The molecule has 0 spiro atoms. The summed E-state index contributed by atoms with van der Waals surface area (Å²) in [5.41, 5.74) is -0.764. The van der Waals surface area contributed by atoms with Crippen LogP contribution in [0.4, 0.5) is 0 Å². The van der Waals surface area contributed by atoms with E-state index in [9.17, 15) is 5.11 Å². The molecule has 1 atom stereocenters. The summed E-state index contributed by atoms with van der Waals surface area (Å²) in [4.78, 5) is 0. The Bertz CT molecular complexity index is 226. The SMILES string of the molecule is CCCC(C#N)C1(O)CCC(OC)CC1. The lowest BCUT2D eigenvalue weighted by Gasteiger charge is -2.38. The Morgan fingerprint density at radius 2 is 2.13 bits per heavy atom. The van der Waals surface area contributed by atoms with Gasteiger partial charge in [0.1, 0.15) is 0 Å². The van der Waals surface area contributed by atoms with Crippen LogP contribution in [-0.2, 0) is 4.74 Å². The third kappa shape index (κ3) is 2.93. The molecule has 0 aliphatic heterocycles. The topological polar surface area (TPSA) is 53.2 Å². The normalized spacial score (nSPS) is 33.3. The van der Waals surface area contributed by atoms with Gasteiger partial charge in [0.2, 0.25) is 0 Å². The molecule has 0 amide bonds. The van der Waals surface area contributed by atoms with E-state index < -0.39 is 5.60 Å². The Morgan fingerprint density at radius 3 is 2.53 bits per heavy atom. The molecule has 0 aromatic carbocycles. The molecule has 3 nitrogen and oxygen atoms in total. The molecule has 0 saturated heterocycles. The van der Waals surface area contributed by atoms with E-state index in [2.05, 4.69) is 13.0 Å². The highest BCUT2D eigenvalue weighted by Crippen LogP contribution is 2.37. The van der Waals surface area contributed by atoms with Gasteiger partial charge in [-0.3, -0.25) is 0 Å². The van der Waals surface area contributed by atoms with Gasteiger partial charge in [-0.1, -0.05) is 13.3 Å². The van der Waals surface area contributed by atoms with Gasteiger partial charge in [0.25, 0.3) is 0 Å². The molecule has 15 heavy (non-hydrogen) atoms. The van der Waals surface area contributed by atoms with Crippen molar-refractivity contribution in [1.82, 2.24) is 0 Å². The minimum Gasteiger partial charge on any atom is -0.389 e. The Labute approximate surface area is 92.0 Å². The van der Waals surface area contributed by atoms with Crippen LogP contribution >= 0.6 is 0 Å². The molecular formula is C12H21NO2. The highest BCUT2D eigenvalue weighted by atomic mass is 16.5. The Morgan fingerprint density at radius 1 is 1.53 bits per heavy atom. The summed E-state index contributed by atoms with van der Waals surface area (Å²) in [5, 5.41) is 19.5. The fourth-order valence-corrected chi connectivity index (χ4v) is 2.42. The van der Waals surface area contributed by atoms with Crippen LogP contribution < -0.4 is 0 Å². The van der Waals surface area contributed by atoms with Crippen molar-refractivity contribution >= 4 is 0 Å². The molecule has 0 heterocycles. The third-order valence-corrected chi connectivity index (χ3v) is 3.51. The summed E-state index contributed by atoms with van der Waals surface area (Å²) in [5.74, 6) is -0.208. The number of hydrogen-bond donors (Lipinski definition) is 1. The zero-order valence-electron chi connectivity index (χ0n) is 9.70. The maximum atomic E-state index is 10.4. The van der Waals surface area contributed by atoms with E-state index in [-0.39, 0.29) is 12.0 Å². The summed E-state index contributed by atoms with van der Waals surface area (Å²) in [6.07, 6.45) is 5.15. The lowest BCUT2D eigenvalue weighted by Crippen LogP contribution is -2.42. The monoisotopic (exact) mass is 211 g/mol. The lowest BCUT2D eigenvalue weighted by molar-refractivity contribution is -0.0686. The Kier molecular flexibility index (Phi) is 4.56. The van der Waals surface area contributed by atoms with Gasteiger partial charge >= 0.3 is 0 Å². The van der Waals surface area contributed by atoms with E-state index in [0.717, 1.165) is 25.7 Å². The van der Waals surface area contributed by atoms with Gasteiger partial charge in [0.05, 0.1) is 23.7 Å². The first-order valence-electron chi connectivity index (χ1n) is 5.81. The van der Waals surface area contributed by atoms with Crippen LogP contribution in [0.25, 0.3) is 0 Å². The largest absolute Gasteiger partial charge is 0.389 e. The molecule has 1 saturated carbocycles. The van der Waals surface area contributed by atoms with E-state index in [0.29, 0.717) is 12.8 Å². The Balaban J connectivity index is 2.56. The van der Waals surface area contributed by atoms with E-state index in [1.165, 1.54) is 0 Å². The number of rotatable bonds is 4. The van der Waals surface area contributed by atoms with Crippen molar-refractivity contribution in [2.45, 2.75) is 57.2 Å². The molecule has 1 fully saturated rings. The quantitative estimate of drug-likeness (QED) is 0.776. The van der Waals surface area contributed by atoms with Crippen molar-refractivity contribution in [2.24, 2.45) is 5.92 Å². The second-order valence-electron chi connectivity index (χ2n) is 4.51. The van der Waals surface area contributed by atoms with Crippen molar-refractivity contribution < 1.29 is 9.84 Å². The first kappa shape index (κ1) is 12.5. The third-order valence-electron chi connectivity index (χ3n) is 3.51. The summed E-state index contributed by atoms with van der Waals surface area (Å²) < 4.78 is 5.26. The predicted octanol–water partition coefficient (Wildman–Crippen LogP) is 2.25. The van der Waals surface area contributed by atoms with Crippen LogP contribution in [-0.4, -0.2) is 23.9 Å². The van der Waals surface area contributed by atoms with E-state index in [4.69, 9.17) is 10.00 Å². The molecule has 1 N–H and O–H groups in total. The van der Waals surface area contributed by atoms with Gasteiger partial charge in [0.15, 0.2) is 0 Å². The molecule has 0 bridgehead atoms. The molecule has 3 heteroatoms. The van der Waals surface area contributed by atoms with Gasteiger partial charge in [0, 0.05) is 7.11 Å². The molecule has 0 aromatic heterocycles. The summed E-state index contributed by atoms with van der Waals surface area (Å²) in [7, 11) is 1.71. The molecule has 1 unspecified atom stereocenters. The maximum absolute atomic E-state index is 10.4. The molecule has 1 aliphatic rings. The second-order valence-corrected chi connectivity index (χ2v) is 4.51. The number of nitriles is 1. The fraction of sp³-hybridized carbons (Fsp3) is 0.917. The molecule has 0 aromatic rings. The molecule has 86 valence electrons. The molecule has 0 radical (unpaired) electrons. The number of aliphatic hydroxyl groups is 1. The van der Waals surface area contributed by atoms with Crippen molar-refractivity contribution in [3.05, 3.63) is 0 Å². The number of methoxy groups -OCH3 is 1. The van der Waals surface area contributed by atoms with Gasteiger partial charge in [-0.05, 0) is 32.1 Å². The Hall–Kier alpha value is -0.590. The fourth-order valence-electron chi connectivity index (χ4n) is 2.42. The number of hydrogen-bond acceptors (Lipinski definition) is 3. The average Bonchev–Trinajstić information content (AvgIpc) is 2.27. The lowest BCUT2D eigenvalue weighted by atomic mass is 9.74. The first-order valence-corrected chi connectivity index (χ1v) is 5.81. The predicted molar refractivity (Wildman–Crippen MR) is 58.2 cm³/mol. The zero-order valence-corrected chi connectivity index (χ0v) is 9.70. The summed E-state index contributed by atoms with van der Waals surface area (Å²) >= 11 is 0. The van der Waals surface area contributed by atoms with Crippen LogP contribution in [0.1, 0.15) is 45.4 Å². The van der Waals surface area contributed by atoms with Crippen LogP contribution in [0, 0.1) is 17.2 Å². The van der Waals surface area contributed by atoms with Gasteiger partial charge < -0.3 is 9.84 Å². The highest BCUT2D eigenvalue weighted by Gasteiger charge is 2.39. The van der Waals surface area contributed by atoms with E-state index in [1.54, 1.807) is 7.11 Å². The molecule has 1 aliphatic carbocycles. The van der Waals surface area contributed by atoms with Crippen molar-refractivity contribution in [3.63, 3.8) is 0 Å². The zero-order chi connectivity index (χ0) is 11.3. The van der Waals surface area contributed by atoms with Gasteiger partial charge in [-0.2, -0.15) is 5.26 Å². The summed E-state index contributed by atoms with van der Waals surface area (Å²) in [6.45, 7) is 2.05. The van der Waals surface area contributed by atoms with Crippen LogP contribution in [0.5, 0.6) is 0 Å². The van der Waals surface area contributed by atoms with Crippen LogP contribution in [0.3, 0.4) is 0 Å². The number of nitrogens with zero attached hydrogens (tertiary/aromatic N) is 1.